The molecule has 0 bridgehead atoms. The maximum Gasteiger partial charge on any atom is 0.308 e. The van der Waals surface area contributed by atoms with E-state index < -0.39 is 11.9 Å². The molecule has 1 aliphatic carbocycles. The molecule has 2 atom stereocenters. The second-order valence-corrected chi connectivity index (χ2v) is 5.66. The molecule has 0 radical (unpaired) electrons. The van der Waals surface area contributed by atoms with E-state index in [2.05, 4.69) is 5.32 Å². The van der Waals surface area contributed by atoms with Gasteiger partial charge in [-0.25, -0.2) is 0 Å². The average molecular weight is 275 g/mol. The Kier molecular flexibility index (Phi) is 4.42. The van der Waals surface area contributed by atoms with Crippen molar-refractivity contribution in [1.29, 1.82) is 0 Å². The number of carboxylic acids is 1. The van der Waals surface area contributed by atoms with Crippen LogP contribution in [0.3, 0.4) is 0 Å². The number of hydrogen-bond acceptors (Lipinski definition) is 2. The predicted molar refractivity (Wildman–Crippen MR) is 76.5 cm³/mol. The monoisotopic (exact) mass is 275 g/mol. The summed E-state index contributed by atoms with van der Waals surface area (Å²) >= 11 is 0. The van der Waals surface area contributed by atoms with Gasteiger partial charge in [-0.15, -0.1) is 0 Å². The van der Waals surface area contributed by atoms with E-state index in [9.17, 15) is 9.59 Å². The maximum atomic E-state index is 12.1. The highest BCUT2D eigenvalue weighted by Crippen LogP contribution is 2.26. The molecular formula is C16H21NO3. The van der Waals surface area contributed by atoms with Gasteiger partial charge in [0.1, 0.15) is 0 Å². The lowest BCUT2D eigenvalue weighted by molar-refractivity contribution is -0.142. The lowest BCUT2D eigenvalue weighted by Crippen LogP contribution is -2.40. The fourth-order valence-electron chi connectivity index (χ4n) is 2.85. The van der Waals surface area contributed by atoms with Crippen LogP contribution in [0.2, 0.25) is 0 Å². The van der Waals surface area contributed by atoms with Gasteiger partial charge in [-0.3, -0.25) is 9.59 Å². The zero-order valence-electron chi connectivity index (χ0n) is 12.0. The Morgan fingerprint density at radius 2 is 2.05 bits per heavy atom. The minimum absolute atomic E-state index is 0.0862. The summed E-state index contributed by atoms with van der Waals surface area (Å²) in [4.78, 5) is 23.2. The first-order valence-electron chi connectivity index (χ1n) is 7.05. The number of amides is 1. The summed E-state index contributed by atoms with van der Waals surface area (Å²) in [6.45, 7) is 3.98. The van der Waals surface area contributed by atoms with E-state index in [1.54, 1.807) is 0 Å². The summed E-state index contributed by atoms with van der Waals surface area (Å²) in [5.74, 6) is -1.33. The summed E-state index contributed by atoms with van der Waals surface area (Å²) in [7, 11) is 0. The number of carbonyl (C=O) groups is 2. The number of nitrogens with one attached hydrogen (secondary N) is 1. The molecule has 2 rings (SSSR count). The predicted octanol–water partition coefficient (Wildman–Crippen LogP) is 2.22. The molecule has 2 N–H and O–H groups in total. The molecule has 4 heteroatoms. The van der Waals surface area contributed by atoms with Crippen molar-refractivity contribution in [2.45, 2.75) is 45.6 Å². The molecule has 0 heterocycles. The molecule has 0 aromatic heterocycles. The van der Waals surface area contributed by atoms with Gasteiger partial charge in [-0.2, -0.15) is 0 Å². The van der Waals surface area contributed by atoms with Gasteiger partial charge in [0.25, 0.3) is 0 Å². The largest absolute Gasteiger partial charge is 0.481 e. The van der Waals surface area contributed by atoms with E-state index in [1.165, 1.54) is 0 Å². The van der Waals surface area contributed by atoms with Gasteiger partial charge in [0.05, 0.1) is 12.3 Å². The molecule has 1 aromatic carbocycles. The van der Waals surface area contributed by atoms with Gasteiger partial charge in [-0.1, -0.05) is 30.2 Å². The number of aliphatic carboxylic acids is 1. The van der Waals surface area contributed by atoms with Crippen molar-refractivity contribution < 1.29 is 14.7 Å². The Bertz CT molecular complexity index is 524. The normalized spacial score (nSPS) is 21.7. The van der Waals surface area contributed by atoms with E-state index in [4.69, 9.17) is 5.11 Å². The van der Waals surface area contributed by atoms with E-state index in [1.807, 2.05) is 32.0 Å². The molecule has 1 amide bonds. The molecule has 108 valence electrons. The van der Waals surface area contributed by atoms with Crippen LogP contribution in [-0.2, 0) is 16.0 Å². The zero-order chi connectivity index (χ0) is 14.7. The van der Waals surface area contributed by atoms with Crippen LogP contribution in [0.25, 0.3) is 0 Å². The standard InChI is InChI=1S/C16H21NO3/c1-10-6-7-11(2)12(8-10)9-15(18)17-14-5-3-4-13(14)16(19)20/h6-8,13-14H,3-5,9H2,1-2H3,(H,17,18)(H,19,20)/t13-,14+/m1/s1. The lowest BCUT2D eigenvalue weighted by atomic mass is 10.0. The van der Waals surface area contributed by atoms with E-state index in [0.717, 1.165) is 29.5 Å². The van der Waals surface area contributed by atoms with Crippen molar-refractivity contribution in [3.05, 3.63) is 34.9 Å². The molecule has 1 saturated carbocycles. The first-order valence-corrected chi connectivity index (χ1v) is 7.05. The Morgan fingerprint density at radius 1 is 1.30 bits per heavy atom. The number of benzene rings is 1. The third-order valence-corrected chi connectivity index (χ3v) is 4.04. The van der Waals surface area contributed by atoms with Crippen LogP contribution in [0, 0.1) is 19.8 Å². The Morgan fingerprint density at radius 3 is 2.75 bits per heavy atom. The highest BCUT2D eigenvalue weighted by atomic mass is 16.4. The summed E-state index contributed by atoms with van der Waals surface area (Å²) in [5, 5.41) is 12.0. The minimum Gasteiger partial charge on any atom is -0.481 e. The van der Waals surface area contributed by atoms with Gasteiger partial charge in [-0.05, 0) is 37.8 Å². The second-order valence-electron chi connectivity index (χ2n) is 5.66. The van der Waals surface area contributed by atoms with Crippen molar-refractivity contribution in [3.8, 4) is 0 Å². The summed E-state index contributed by atoms with van der Waals surface area (Å²) < 4.78 is 0. The first kappa shape index (κ1) is 14.6. The molecular weight excluding hydrogens is 254 g/mol. The van der Waals surface area contributed by atoms with E-state index in [-0.39, 0.29) is 11.9 Å². The van der Waals surface area contributed by atoms with Crippen molar-refractivity contribution in [1.82, 2.24) is 5.32 Å². The molecule has 1 aromatic rings. The van der Waals surface area contributed by atoms with Crippen LogP contribution < -0.4 is 5.32 Å². The molecule has 20 heavy (non-hydrogen) atoms. The SMILES string of the molecule is Cc1ccc(C)c(CC(=O)N[C@H]2CCC[C@H]2C(=O)O)c1. The topological polar surface area (TPSA) is 66.4 Å². The number of rotatable bonds is 4. The highest BCUT2D eigenvalue weighted by molar-refractivity contribution is 5.80. The molecule has 1 aliphatic rings. The van der Waals surface area contributed by atoms with E-state index in [0.29, 0.717) is 12.8 Å². The smallest absolute Gasteiger partial charge is 0.308 e. The van der Waals surface area contributed by atoms with Crippen molar-refractivity contribution in [2.24, 2.45) is 5.92 Å². The van der Waals surface area contributed by atoms with Crippen LogP contribution in [0.4, 0.5) is 0 Å². The van der Waals surface area contributed by atoms with Crippen LogP contribution in [-0.4, -0.2) is 23.0 Å². The summed E-state index contributed by atoms with van der Waals surface area (Å²) in [6, 6.07) is 5.82. The summed E-state index contributed by atoms with van der Waals surface area (Å²) in [5.41, 5.74) is 3.22. The van der Waals surface area contributed by atoms with E-state index >= 15 is 0 Å². The zero-order valence-corrected chi connectivity index (χ0v) is 12.0. The first-order chi connectivity index (χ1) is 9.47. The Balaban J connectivity index is 1.99. The number of carbonyl (C=O) groups excluding carboxylic acids is 1. The van der Waals surface area contributed by atoms with Crippen molar-refractivity contribution >= 4 is 11.9 Å². The quantitative estimate of drug-likeness (QED) is 0.885. The second kappa shape index (κ2) is 6.07. The van der Waals surface area contributed by atoms with Crippen LogP contribution in [0.15, 0.2) is 18.2 Å². The fraction of sp³-hybridized carbons (Fsp3) is 0.500. The number of hydrogen-bond donors (Lipinski definition) is 2. The third kappa shape index (κ3) is 3.38. The third-order valence-electron chi connectivity index (χ3n) is 4.04. The number of carboxylic acid groups (broad SMARTS) is 1. The highest BCUT2D eigenvalue weighted by Gasteiger charge is 2.33. The van der Waals surface area contributed by atoms with Crippen LogP contribution in [0.1, 0.15) is 36.0 Å². The lowest BCUT2D eigenvalue weighted by Gasteiger charge is -2.18. The van der Waals surface area contributed by atoms with Crippen molar-refractivity contribution in [2.75, 3.05) is 0 Å². The van der Waals surface area contributed by atoms with Gasteiger partial charge in [0, 0.05) is 6.04 Å². The van der Waals surface area contributed by atoms with Gasteiger partial charge in [0.2, 0.25) is 5.91 Å². The minimum atomic E-state index is -0.806. The Hall–Kier alpha value is -1.84. The average Bonchev–Trinajstić information content (AvgIpc) is 2.82. The molecule has 4 nitrogen and oxygen atoms in total. The molecule has 0 spiro atoms. The van der Waals surface area contributed by atoms with Gasteiger partial charge >= 0.3 is 5.97 Å². The van der Waals surface area contributed by atoms with Crippen LogP contribution in [0.5, 0.6) is 0 Å². The Labute approximate surface area is 119 Å². The summed E-state index contributed by atoms with van der Waals surface area (Å²) in [6.07, 6.45) is 2.60. The van der Waals surface area contributed by atoms with Gasteiger partial charge in [0.15, 0.2) is 0 Å². The maximum absolute atomic E-state index is 12.1. The fourth-order valence-corrected chi connectivity index (χ4v) is 2.85. The molecule has 1 fully saturated rings. The molecule has 0 saturated heterocycles. The van der Waals surface area contributed by atoms with Crippen LogP contribution >= 0.6 is 0 Å². The molecule has 0 unspecified atom stereocenters. The van der Waals surface area contributed by atoms with Gasteiger partial charge < -0.3 is 10.4 Å². The number of aryl methyl sites for hydroxylation is 2. The molecule has 0 aliphatic heterocycles. The van der Waals surface area contributed by atoms with Crippen molar-refractivity contribution in [3.63, 3.8) is 0 Å².